The number of hydrogen-bond acceptors (Lipinski definition) is 2. The van der Waals surface area contributed by atoms with Crippen molar-refractivity contribution in [3.05, 3.63) is 17.0 Å². The number of rotatable bonds is 6. The van der Waals surface area contributed by atoms with Gasteiger partial charge < -0.3 is 5.32 Å². The van der Waals surface area contributed by atoms with Crippen LogP contribution in [0.25, 0.3) is 0 Å². The third kappa shape index (κ3) is 2.61. The molecular formula is C15H27N3. The van der Waals surface area contributed by atoms with Crippen LogP contribution in [0.2, 0.25) is 0 Å². The first-order valence-electron chi connectivity index (χ1n) is 7.32. The van der Waals surface area contributed by atoms with Gasteiger partial charge in [-0.15, -0.1) is 0 Å². The van der Waals surface area contributed by atoms with Crippen LogP contribution in [0.15, 0.2) is 0 Å². The SMILES string of the molecule is CCNCC(C)c1c(C)nn(C(C)C2CC2)c1C. The van der Waals surface area contributed by atoms with Crippen molar-refractivity contribution < 1.29 is 0 Å². The van der Waals surface area contributed by atoms with E-state index in [1.54, 1.807) is 0 Å². The van der Waals surface area contributed by atoms with Crippen molar-refractivity contribution in [2.45, 2.75) is 59.4 Å². The smallest absolute Gasteiger partial charge is 0.0631 e. The number of aromatic nitrogens is 2. The molecule has 3 heteroatoms. The Balaban J connectivity index is 2.19. The lowest BCUT2D eigenvalue weighted by molar-refractivity contribution is 0.428. The van der Waals surface area contributed by atoms with Crippen molar-refractivity contribution in [1.29, 1.82) is 0 Å². The molecule has 0 aromatic carbocycles. The normalized spacial score (nSPS) is 18.9. The van der Waals surface area contributed by atoms with Gasteiger partial charge in [-0.3, -0.25) is 4.68 Å². The van der Waals surface area contributed by atoms with Gasteiger partial charge in [-0.2, -0.15) is 5.10 Å². The maximum atomic E-state index is 4.79. The van der Waals surface area contributed by atoms with Crippen LogP contribution in [0.1, 0.15) is 62.5 Å². The molecule has 102 valence electrons. The molecule has 1 aromatic rings. The zero-order valence-electron chi connectivity index (χ0n) is 12.5. The molecule has 1 N–H and O–H groups in total. The molecule has 0 aliphatic heterocycles. The number of nitrogens with one attached hydrogen (secondary N) is 1. The summed E-state index contributed by atoms with van der Waals surface area (Å²) in [4.78, 5) is 0. The van der Waals surface area contributed by atoms with Crippen LogP contribution in [0.4, 0.5) is 0 Å². The molecule has 2 rings (SSSR count). The van der Waals surface area contributed by atoms with E-state index in [2.05, 4.69) is 44.6 Å². The molecule has 1 heterocycles. The summed E-state index contributed by atoms with van der Waals surface area (Å²) >= 11 is 0. The molecule has 2 unspecified atom stereocenters. The van der Waals surface area contributed by atoms with E-state index in [0.717, 1.165) is 19.0 Å². The molecule has 0 radical (unpaired) electrons. The topological polar surface area (TPSA) is 29.9 Å². The Morgan fingerprint density at radius 2 is 2.00 bits per heavy atom. The van der Waals surface area contributed by atoms with Gasteiger partial charge in [-0.05, 0) is 52.0 Å². The van der Waals surface area contributed by atoms with Crippen molar-refractivity contribution in [2.75, 3.05) is 13.1 Å². The summed E-state index contributed by atoms with van der Waals surface area (Å²) in [7, 11) is 0. The monoisotopic (exact) mass is 249 g/mol. The number of likely N-dealkylation sites (N-methyl/N-ethyl adjacent to an activating group) is 1. The average molecular weight is 249 g/mol. The Labute approximate surface area is 111 Å². The fraction of sp³-hybridized carbons (Fsp3) is 0.800. The van der Waals surface area contributed by atoms with E-state index in [0.29, 0.717) is 12.0 Å². The highest BCUT2D eigenvalue weighted by Gasteiger charge is 2.31. The molecule has 1 aliphatic carbocycles. The van der Waals surface area contributed by atoms with E-state index in [-0.39, 0.29) is 0 Å². The minimum absolute atomic E-state index is 0.546. The molecule has 3 nitrogen and oxygen atoms in total. The number of hydrogen-bond donors (Lipinski definition) is 1. The molecule has 0 bridgehead atoms. The Morgan fingerprint density at radius 1 is 1.33 bits per heavy atom. The van der Waals surface area contributed by atoms with Crippen molar-refractivity contribution in [3.8, 4) is 0 Å². The number of aryl methyl sites for hydroxylation is 1. The molecule has 0 amide bonds. The summed E-state index contributed by atoms with van der Waals surface area (Å²) in [6.45, 7) is 13.2. The lowest BCUT2D eigenvalue weighted by Crippen LogP contribution is -2.20. The molecule has 0 spiro atoms. The van der Waals surface area contributed by atoms with Gasteiger partial charge >= 0.3 is 0 Å². The summed E-state index contributed by atoms with van der Waals surface area (Å²) in [6, 6.07) is 0.573. The van der Waals surface area contributed by atoms with Crippen molar-refractivity contribution in [1.82, 2.24) is 15.1 Å². The molecule has 1 aliphatic rings. The van der Waals surface area contributed by atoms with E-state index in [4.69, 9.17) is 5.10 Å². The summed E-state index contributed by atoms with van der Waals surface area (Å²) in [5, 5.41) is 8.23. The van der Waals surface area contributed by atoms with Gasteiger partial charge in [0.15, 0.2) is 0 Å². The van der Waals surface area contributed by atoms with Gasteiger partial charge in [-0.25, -0.2) is 0 Å². The molecular weight excluding hydrogens is 222 g/mol. The summed E-state index contributed by atoms with van der Waals surface area (Å²) < 4.78 is 2.27. The van der Waals surface area contributed by atoms with Gasteiger partial charge in [0.05, 0.1) is 11.7 Å². The Hall–Kier alpha value is -0.830. The molecule has 18 heavy (non-hydrogen) atoms. The highest BCUT2D eigenvalue weighted by atomic mass is 15.3. The van der Waals surface area contributed by atoms with Crippen LogP contribution < -0.4 is 5.32 Å². The van der Waals surface area contributed by atoms with E-state index < -0.39 is 0 Å². The van der Waals surface area contributed by atoms with E-state index in [1.165, 1.54) is 29.8 Å². The summed E-state index contributed by atoms with van der Waals surface area (Å²) in [5.74, 6) is 1.41. The Kier molecular flexibility index (Phi) is 4.10. The highest BCUT2D eigenvalue weighted by molar-refractivity contribution is 5.29. The summed E-state index contributed by atoms with van der Waals surface area (Å²) in [5.41, 5.74) is 4.03. The quantitative estimate of drug-likeness (QED) is 0.839. The third-order valence-electron chi connectivity index (χ3n) is 4.26. The van der Waals surface area contributed by atoms with Gasteiger partial charge in [0, 0.05) is 17.8 Å². The van der Waals surface area contributed by atoms with Crippen molar-refractivity contribution in [2.24, 2.45) is 5.92 Å². The predicted molar refractivity (Wildman–Crippen MR) is 76.1 cm³/mol. The first-order valence-corrected chi connectivity index (χ1v) is 7.32. The minimum atomic E-state index is 0.546. The van der Waals surface area contributed by atoms with E-state index in [1.807, 2.05) is 0 Å². The largest absolute Gasteiger partial charge is 0.316 e. The van der Waals surface area contributed by atoms with Crippen LogP contribution in [0.3, 0.4) is 0 Å². The van der Waals surface area contributed by atoms with E-state index >= 15 is 0 Å². The van der Waals surface area contributed by atoms with Crippen LogP contribution in [0.5, 0.6) is 0 Å². The molecule has 2 atom stereocenters. The fourth-order valence-electron chi connectivity index (χ4n) is 3.03. The van der Waals surface area contributed by atoms with Crippen LogP contribution in [-0.2, 0) is 0 Å². The van der Waals surface area contributed by atoms with Crippen molar-refractivity contribution >= 4 is 0 Å². The lowest BCUT2D eigenvalue weighted by atomic mass is 9.99. The van der Waals surface area contributed by atoms with E-state index in [9.17, 15) is 0 Å². The zero-order chi connectivity index (χ0) is 13.3. The van der Waals surface area contributed by atoms with Crippen LogP contribution in [0, 0.1) is 19.8 Å². The minimum Gasteiger partial charge on any atom is -0.316 e. The third-order valence-corrected chi connectivity index (χ3v) is 4.26. The molecule has 1 saturated carbocycles. The standard InChI is InChI=1S/C15H27N3/c1-6-16-9-10(2)15-11(3)17-18(13(15)5)12(4)14-7-8-14/h10,12,14,16H,6-9H2,1-5H3. The fourth-order valence-corrected chi connectivity index (χ4v) is 3.03. The van der Waals surface area contributed by atoms with Crippen molar-refractivity contribution in [3.63, 3.8) is 0 Å². The second-order valence-electron chi connectivity index (χ2n) is 5.82. The van der Waals surface area contributed by atoms with Gasteiger partial charge in [-0.1, -0.05) is 13.8 Å². The van der Waals surface area contributed by atoms with Gasteiger partial charge in [0.25, 0.3) is 0 Å². The summed E-state index contributed by atoms with van der Waals surface area (Å²) in [6.07, 6.45) is 2.75. The Bertz CT molecular complexity index is 404. The second-order valence-corrected chi connectivity index (χ2v) is 5.82. The molecule has 1 aromatic heterocycles. The van der Waals surface area contributed by atoms with Gasteiger partial charge in [0.2, 0.25) is 0 Å². The molecule has 0 saturated heterocycles. The lowest BCUT2D eigenvalue weighted by Gasteiger charge is -2.16. The van der Waals surface area contributed by atoms with Crippen LogP contribution >= 0.6 is 0 Å². The first-order chi connectivity index (χ1) is 8.56. The van der Waals surface area contributed by atoms with Gasteiger partial charge in [0.1, 0.15) is 0 Å². The average Bonchev–Trinajstić information content (AvgIpc) is 3.12. The predicted octanol–water partition coefficient (Wildman–Crippen LogP) is 3.18. The maximum Gasteiger partial charge on any atom is 0.0631 e. The van der Waals surface area contributed by atoms with Crippen LogP contribution in [-0.4, -0.2) is 22.9 Å². The molecule has 1 fully saturated rings. The number of nitrogens with zero attached hydrogens (tertiary/aromatic N) is 2. The zero-order valence-corrected chi connectivity index (χ0v) is 12.5. The first kappa shape index (κ1) is 13.6. The Morgan fingerprint density at radius 3 is 2.56 bits per heavy atom. The highest BCUT2D eigenvalue weighted by Crippen LogP contribution is 2.40. The second kappa shape index (κ2) is 5.43. The maximum absolute atomic E-state index is 4.79.